The maximum Gasteiger partial charge on any atom is 0.0936 e. The van der Waals surface area contributed by atoms with Crippen LogP contribution in [-0.2, 0) is 6.42 Å². The molecule has 0 aliphatic carbocycles. The van der Waals surface area contributed by atoms with E-state index in [0.717, 1.165) is 21.5 Å². The van der Waals surface area contributed by atoms with Crippen LogP contribution in [0.3, 0.4) is 0 Å². The van der Waals surface area contributed by atoms with Crippen LogP contribution in [0.2, 0.25) is 0 Å². The first kappa shape index (κ1) is 8.14. The van der Waals surface area contributed by atoms with Gasteiger partial charge in [-0.25, -0.2) is 4.98 Å². The fourth-order valence-corrected chi connectivity index (χ4v) is 1.57. The number of nitrogens with zero attached hydrogens (tertiary/aromatic N) is 2. The van der Waals surface area contributed by atoms with Gasteiger partial charge >= 0.3 is 0 Å². The van der Waals surface area contributed by atoms with E-state index in [1.54, 1.807) is 6.33 Å². The van der Waals surface area contributed by atoms with E-state index in [-0.39, 0.29) is 0 Å². The molecular formula is C9H7N3S. The molecule has 0 unspecified atom stereocenters. The van der Waals surface area contributed by atoms with Crippen LogP contribution < -0.4 is 0 Å². The Labute approximate surface area is 80.8 Å². The van der Waals surface area contributed by atoms with E-state index in [9.17, 15) is 0 Å². The summed E-state index contributed by atoms with van der Waals surface area (Å²) in [5.74, 6) is 0. The molecule has 4 heteroatoms. The number of aromatic nitrogens is 2. The zero-order valence-electron chi connectivity index (χ0n) is 6.78. The highest BCUT2D eigenvalue weighted by Gasteiger charge is 2.06. The average molecular weight is 189 g/mol. The van der Waals surface area contributed by atoms with Crippen molar-refractivity contribution in [3.8, 4) is 6.07 Å². The van der Waals surface area contributed by atoms with Gasteiger partial charge in [0.05, 0.1) is 29.9 Å². The minimum atomic E-state index is 0.348. The molecule has 2 aromatic rings. The van der Waals surface area contributed by atoms with Crippen LogP contribution in [0.5, 0.6) is 0 Å². The quantitative estimate of drug-likeness (QED) is 0.673. The Morgan fingerprint density at radius 1 is 1.54 bits per heavy atom. The first-order chi connectivity index (χ1) is 6.33. The summed E-state index contributed by atoms with van der Waals surface area (Å²) in [7, 11) is 0. The average Bonchev–Trinajstić information content (AvgIpc) is 2.58. The van der Waals surface area contributed by atoms with Crippen LogP contribution >= 0.6 is 12.6 Å². The van der Waals surface area contributed by atoms with Crippen molar-refractivity contribution in [2.45, 2.75) is 11.3 Å². The Bertz CT molecular complexity index is 481. The van der Waals surface area contributed by atoms with Crippen molar-refractivity contribution in [2.24, 2.45) is 0 Å². The molecule has 0 aliphatic rings. The molecule has 1 aromatic heterocycles. The number of imidazole rings is 1. The minimum absolute atomic E-state index is 0.348. The van der Waals surface area contributed by atoms with Crippen molar-refractivity contribution >= 4 is 23.7 Å². The summed E-state index contributed by atoms with van der Waals surface area (Å²) in [5, 5.41) is 8.62. The summed E-state index contributed by atoms with van der Waals surface area (Å²) in [6.07, 6.45) is 1.97. The molecule has 1 N–H and O–H groups in total. The van der Waals surface area contributed by atoms with Crippen molar-refractivity contribution in [1.82, 2.24) is 9.97 Å². The van der Waals surface area contributed by atoms with Crippen molar-refractivity contribution in [3.63, 3.8) is 0 Å². The molecular weight excluding hydrogens is 182 g/mol. The maximum absolute atomic E-state index is 8.62. The van der Waals surface area contributed by atoms with Crippen LogP contribution in [0.15, 0.2) is 23.4 Å². The summed E-state index contributed by atoms with van der Waals surface area (Å²) in [6, 6.07) is 5.88. The molecule has 0 aliphatic heterocycles. The smallest absolute Gasteiger partial charge is 0.0936 e. The lowest BCUT2D eigenvalue weighted by Crippen LogP contribution is -1.86. The fourth-order valence-electron chi connectivity index (χ4n) is 1.31. The van der Waals surface area contributed by atoms with E-state index in [4.69, 9.17) is 5.26 Å². The fraction of sp³-hybridized carbons (Fsp3) is 0.111. The number of thiol groups is 1. The Morgan fingerprint density at radius 3 is 3.15 bits per heavy atom. The van der Waals surface area contributed by atoms with E-state index in [1.165, 1.54) is 0 Å². The van der Waals surface area contributed by atoms with Gasteiger partial charge in [-0.1, -0.05) is 0 Å². The van der Waals surface area contributed by atoms with Gasteiger partial charge < -0.3 is 4.98 Å². The second kappa shape index (κ2) is 3.11. The zero-order chi connectivity index (χ0) is 9.26. The molecule has 0 atom stereocenters. The van der Waals surface area contributed by atoms with Crippen LogP contribution in [0.25, 0.3) is 11.0 Å². The standard InChI is InChI=1S/C9H7N3S/c10-4-3-6-8(13)2-1-7-9(6)12-5-11-7/h1-2,5,13H,3H2,(H,11,12). The third-order valence-electron chi connectivity index (χ3n) is 1.93. The molecule has 64 valence electrons. The van der Waals surface area contributed by atoms with Crippen LogP contribution in [0, 0.1) is 11.3 Å². The SMILES string of the molecule is N#CCc1c(S)ccc2[nH]cnc12. The number of aromatic amines is 1. The number of hydrogen-bond donors (Lipinski definition) is 2. The van der Waals surface area contributed by atoms with Crippen LogP contribution in [0.4, 0.5) is 0 Å². The third-order valence-corrected chi connectivity index (χ3v) is 2.35. The lowest BCUT2D eigenvalue weighted by atomic mass is 10.1. The third kappa shape index (κ3) is 1.27. The summed E-state index contributed by atoms with van der Waals surface area (Å²) in [6.45, 7) is 0. The van der Waals surface area contributed by atoms with Crippen LogP contribution in [-0.4, -0.2) is 9.97 Å². The predicted octanol–water partition coefficient (Wildman–Crippen LogP) is 1.92. The summed E-state index contributed by atoms with van der Waals surface area (Å²) < 4.78 is 0. The van der Waals surface area contributed by atoms with Gasteiger partial charge in [-0.2, -0.15) is 5.26 Å². The summed E-state index contributed by atoms with van der Waals surface area (Å²) >= 11 is 4.28. The van der Waals surface area contributed by atoms with E-state index in [2.05, 4.69) is 28.7 Å². The zero-order valence-corrected chi connectivity index (χ0v) is 7.68. The minimum Gasteiger partial charge on any atom is -0.345 e. The molecule has 0 bridgehead atoms. The Morgan fingerprint density at radius 2 is 2.38 bits per heavy atom. The molecule has 3 nitrogen and oxygen atoms in total. The predicted molar refractivity (Wildman–Crippen MR) is 52.7 cm³/mol. The Balaban J connectivity index is 2.74. The topological polar surface area (TPSA) is 52.5 Å². The number of nitrogens with one attached hydrogen (secondary N) is 1. The van der Waals surface area contributed by atoms with Gasteiger partial charge in [0.1, 0.15) is 0 Å². The Kier molecular flexibility index (Phi) is 1.95. The van der Waals surface area contributed by atoms with E-state index >= 15 is 0 Å². The molecule has 0 spiro atoms. The van der Waals surface area contributed by atoms with Crippen molar-refractivity contribution < 1.29 is 0 Å². The number of hydrogen-bond acceptors (Lipinski definition) is 3. The van der Waals surface area contributed by atoms with Gasteiger partial charge in [-0.05, 0) is 12.1 Å². The largest absolute Gasteiger partial charge is 0.345 e. The monoisotopic (exact) mass is 189 g/mol. The second-order valence-corrected chi connectivity index (χ2v) is 3.18. The Hall–Kier alpha value is -1.47. The van der Waals surface area contributed by atoms with Crippen molar-refractivity contribution in [2.75, 3.05) is 0 Å². The van der Waals surface area contributed by atoms with Crippen LogP contribution in [0.1, 0.15) is 5.56 Å². The lowest BCUT2D eigenvalue weighted by Gasteiger charge is -2.00. The molecule has 1 aromatic carbocycles. The molecule has 2 rings (SSSR count). The van der Waals surface area contributed by atoms with Gasteiger partial charge in [0.15, 0.2) is 0 Å². The molecule has 13 heavy (non-hydrogen) atoms. The molecule has 0 amide bonds. The molecule has 0 saturated heterocycles. The highest BCUT2D eigenvalue weighted by Crippen LogP contribution is 2.22. The summed E-state index contributed by atoms with van der Waals surface area (Å²) in [5.41, 5.74) is 2.68. The second-order valence-electron chi connectivity index (χ2n) is 2.70. The van der Waals surface area contributed by atoms with Gasteiger partial charge in [-0.15, -0.1) is 12.6 Å². The number of nitriles is 1. The van der Waals surface area contributed by atoms with Gasteiger partial charge in [-0.3, -0.25) is 0 Å². The number of fused-ring (bicyclic) bond motifs is 1. The number of benzene rings is 1. The molecule has 0 radical (unpaired) electrons. The van der Waals surface area contributed by atoms with Crippen molar-refractivity contribution in [3.05, 3.63) is 24.0 Å². The maximum atomic E-state index is 8.62. The number of rotatable bonds is 1. The lowest BCUT2D eigenvalue weighted by molar-refractivity contribution is 1.20. The number of H-pyrrole nitrogens is 1. The van der Waals surface area contributed by atoms with Crippen molar-refractivity contribution in [1.29, 1.82) is 5.26 Å². The summed E-state index contributed by atoms with van der Waals surface area (Å²) in [4.78, 5) is 7.95. The van der Waals surface area contributed by atoms with Gasteiger partial charge in [0, 0.05) is 10.5 Å². The van der Waals surface area contributed by atoms with E-state index in [0.29, 0.717) is 6.42 Å². The highest BCUT2D eigenvalue weighted by atomic mass is 32.1. The molecule has 0 saturated carbocycles. The van der Waals surface area contributed by atoms with Gasteiger partial charge in [0.2, 0.25) is 0 Å². The normalized spacial score (nSPS) is 10.2. The first-order valence-electron chi connectivity index (χ1n) is 3.84. The van der Waals surface area contributed by atoms with E-state index in [1.807, 2.05) is 12.1 Å². The van der Waals surface area contributed by atoms with Gasteiger partial charge in [0.25, 0.3) is 0 Å². The highest BCUT2D eigenvalue weighted by molar-refractivity contribution is 7.80. The van der Waals surface area contributed by atoms with E-state index < -0.39 is 0 Å². The first-order valence-corrected chi connectivity index (χ1v) is 4.28. The molecule has 1 heterocycles. The molecule has 0 fully saturated rings.